The van der Waals surface area contributed by atoms with Gasteiger partial charge in [-0.15, -0.1) is 0 Å². The summed E-state index contributed by atoms with van der Waals surface area (Å²) in [4.78, 5) is 18.2. The number of pyridine rings is 1. The fourth-order valence-corrected chi connectivity index (χ4v) is 5.48. The summed E-state index contributed by atoms with van der Waals surface area (Å²) >= 11 is 0. The first-order valence-electron chi connectivity index (χ1n) is 11.6. The Morgan fingerprint density at radius 3 is 2.79 bits per heavy atom. The molecular weight excluding hydrogens is 452 g/mol. The molecule has 0 aromatic carbocycles. The third-order valence-electron chi connectivity index (χ3n) is 6.33. The van der Waals surface area contributed by atoms with Crippen molar-refractivity contribution in [1.82, 2.24) is 33.7 Å². The smallest absolute Gasteiger partial charge is 0.164 e. The summed E-state index contributed by atoms with van der Waals surface area (Å²) in [5.41, 5.74) is 2.67. The van der Waals surface area contributed by atoms with E-state index in [1.807, 2.05) is 13.0 Å². The van der Waals surface area contributed by atoms with Gasteiger partial charge in [-0.05, 0) is 44.6 Å². The van der Waals surface area contributed by atoms with Gasteiger partial charge in [0.1, 0.15) is 34.0 Å². The molecule has 1 saturated carbocycles. The van der Waals surface area contributed by atoms with Crippen molar-refractivity contribution in [2.45, 2.75) is 44.4 Å². The molecule has 6 rings (SSSR count). The molecule has 1 N–H and O–H groups in total. The maximum atomic E-state index is 12.4. The van der Waals surface area contributed by atoms with Crippen LogP contribution >= 0.6 is 0 Å². The van der Waals surface area contributed by atoms with E-state index in [1.165, 1.54) is 4.09 Å². The van der Waals surface area contributed by atoms with Gasteiger partial charge in [-0.2, -0.15) is 9.19 Å². The molecule has 1 unspecified atom stereocenters. The number of imidazole rings is 1. The molecule has 0 radical (unpaired) electrons. The summed E-state index contributed by atoms with van der Waals surface area (Å²) in [6, 6.07) is 3.82. The van der Waals surface area contributed by atoms with E-state index in [9.17, 15) is 4.21 Å². The van der Waals surface area contributed by atoms with Crippen LogP contribution in [0.2, 0.25) is 0 Å². The lowest BCUT2D eigenvalue weighted by atomic mass is 10.0. The highest BCUT2D eigenvalue weighted by atomic mass is 32.2. The fraction of sp³-hybridized carbons (Fsp3) is 0.435. The first kappa shape index (κ1) is 21.4. The molecule has 0 amide bonds. The van der Waals surface area contributed by atoms with Crippen molar-refractivity contribution in [3.63, 3.8) is 0 Å². The molecule has 1 aliphatic carbocycles. The number of fused-ring (bicyclic) bond motifs is 1. The number of anilines is 2. The van der Waals surface area contributed by atoms with Crippen LogP contribution in [0, 0.1) is 12.8 Å². The lowest BCUT2D eigenvalue weighted by molar-refractivity contribution is 0.0614. The highest BCUT2D eigenvalue weighted by molar-refractivity contribution is 7.84. The van der Waals surface area contributed by atoms with Gasteiger partial charge >= 0.3 is 0 Å². The van der Waals surface area contributed by atoms with E-state index in [0.29, 0.717) is 23.4 Å². The summed E-state index contributed by atoms with van der Waals surface area (Å²) < 4.78 is 21.7. The predicted molar refractivity (Wildman–Crippen MR) is 129 cm³/mol. The van der Waals surface area contributed by atoms with Crippen LogP contribution in [0.5, 0.6) is 0 Å². The van der Waals surface area contributed by atoms with Crippen LogP contribution in [0.1, 0.15) is 31.5 Å². The topological polar surface area (TPSA) is 113 Å². The van der Waals surface area contributed by atoms with Crippen molar-refractivity contribution >= 4 is 33.7 Å². The van der Waals surface area contributed by atoms with E-state index in [-0.39, 0.29) is 5.25 Å². The highest BCUT2D eigenvalue weighted by Crippen LogP contribution is 2.28. The number of nitrogens with one attached hydrogen (secondary N) is 1. The average Bonchev–Trinajstić information content (AvgIpc) is 3.51. The molecule has 176 valence electrons. The minimum atomic E-state index is -1.12. The van der Waals surface area contributed by atoms with Crippen LogP contribution in [0.25, 0.3) is 22.4 Å². The SMILES string of the molecule is Cc1nc2cnc(Nc3ccnc(-c4cnn(S(=O)C5CC5)c4)n3)cc2n1CC1CCOCC1. The van der Waals surface area contributed by atoms with E-state index >= 15 is 0 Å². The summed E-state index contributed by atoms with van der Waals surface area (Å²) in [5.74, 6) is 3.42. The Bertz CT molecular complexity index is 1360. The van der Waals surface area contributed by atoms with Gasteiger partial charge in [0.05, 0.1) is 34.9 Å². The Kier molecular flexibility index (Phi) is 5.58. The third-order valence-corrected chi connectivity index (χ3v) is 7.94. The largest absolute Gasteiger partial charge is 0.381 e. The van der Waals surface area contributed by atoms with Gasteiger partial charge in [0.15, 0.2) is 5.82 Å². The molecule has 2 fully saturated rings. The Hall–Kier alpha value is -3.18. The van der Waals surface area contributed by atoms with Crippen LogP contribution in [-0.4, -0.2) is 56.4 Å². The Morgan fingerprint density at radius 2 is 1.97 bits per heavy atom. The van der Waals surface area contributed by atoms with E-state index in [0.717, 1.165) is 67.9 Å². The molecule has 5 heterocycles. The van der Waals surface area contributed by atoms with Crippen LogP contribution in [0.15, 0.2) is 36.9 Å². The highest BCUT2D eigenvalue weighted by Gasteiger charge is 2.30. The molecule has 4 aromatic rings. The van der Waals surface area contributed by atoms with Gasteiger partial charge in [-0.3, -0.25) is 0 Å². The van der Waals surface area contributed by atoms with Gasteiger partial charge in [-0.25, -0.2) is 24.1 Å². The molecule has 0 bridgehead atoms. The van der Waals surface area contributed by atoms with E-state index < -0.39 is 11.0 Å². The number of ether oxygens (including phenoxy) is 1. The van der Waals surface area contributed by atoms with E-state index in [4.69, 9.17) is 9.72 Å². The quantitative estimate of drug-likeness (QED) is 0.431. The summed E-state index contributed by atoms with van der Waals surface area (Å²) in [5, 5.41) is 7.76. The van der Waals surface area contributed by atoms with Crippen LogP contribution < -0.4 is 5.32 Å². The first-order valence-corrected chi connectivity index (χ1v) is 12.8. The number of aromatic nitrogens is 7. The standard InChI is InChI=1S/C23H26N8O2S/c1-15-27-19-12-25-22(10-20(19)30(15)13-16-5-8-33-9-6-16)28-21-4-7-24-23(29-21)17-11-26-31(14-17)34(32)18-2-3-18/h4,7,10-12,14,16,18H,2-3,5-6,8-9,13H2,1H3,(H,24,25,28,29). The Balaban J connectivity index is 1.23. The number of hydrogen-bond acceptors (Lipinski definition) is 8. The van der Waals surface area contributed by atoms with Gasteiger partial charge < -0.3 is 14.6 Å². The molecule has 0 spiro atoms. The molecule has 4 aromatic heterocycles. The molecule has 34 heavy (non-hydrogen) atoms. The molecule has 1 aliphatic heterocycles. The fourth-order valence-electron chi connectivity index (χ4n) is 4.27. The second kappa shape index (κ2) is 8.88. The average molecular weight is 479 g/mol. The number of rotatable bonds is 7. The van der Waals surface area contributed by atoms with Crippen LogP contribution in [0.3, 0.4) is 0 Å². The molecule has 11 heteroatoms. The lowest BCUT2D eigenvalue weighted by Gasteiger charge is -2.23. The second-order valence-electron chi connectivity index (χ2n) is 8.88. The Morgan fingerprint density at radius 1 is 1.12 bits per heavy atom. The van der Waals surface area contributed by atoms with E-state index in [2.05, 4.69) is 29.9 Å². The zero-order valence-electron chi connectivity index (χ0n) is 18.9. The monoisotopic (exact) mass is 478 g/mol. The lowest BCUT2D eigenvalue weighted by Crippen LogP contribution is -2.20. The second-order valence-corrected chi connectivity index (χ2v) is 10.5. The molecule has 1 atom stereocenters. The predicted octanol–water partition coefficient (Wildman–Crippen LogP) is 3.24. The summed E-state index contributed by atoms with van der Waals surface area (Å²) in [6.07, 6.45) is 11.0. The molecule has 2 aliphatic rings. The van der Waals surface area contributed by atoms with Crippen molar-refractivity contribution in [2.24, 2.45) is 5.92 Å². The van der Waals surface area contributed by atoms with Gasteiger partial charge in [0.2, 0.25) is 0 Å². The summed E-state index contributed by atoms with van der Waals surface area (Å²) in [7, 11) is -1.12. The van der Waals surface area contributed by atoms with Crippen molar-refractivity contribution in [3.05, 3.63) is 42.7 Å². The minimum absolute atomic E-state index is 0.214. The number of aryl methyl sites for hydroxylation is 1. The number of nitrogens with zero attached hydrogens (tertiary/aromatic N) is 7. The van der Waals surface area contributed by atoms with E-state index in [1.54, 1.807) is 30.9 Å². The Labute approximate surface area is 199 Å². The minimum Gasteiger partial charge on any atom is -0.381 e. The number of hydrogen-bond donors (Lipinski definition) is 1. The summed E-state index contributed by atoms with van der Waals surface area (Å²) in [6.45, 7) is 4.63. The normalized spacial score (nSPS) is 17.8. The maximum Gasteiger partial charge on any atom is 0.164 e. The van der Waals surface area contributed by atoms with Crippen molar-refractivity contribution < 1.29 is 8.95 Å². The van der Waals surface area contributed by atoms with Gasteiger partial charge in [0.25, 0.3) is 0 Å². The van der Waals surface area contributed by atoms with Gasteiger partial charge in [0, 0.05) is 32.0 Å². The molecule has 10 nitrogen and oxygen atoms in total. The van der Waals surface area contributed by atoms with Gasteiger partial charge in [-0.1, -0.05) is 0 Å². The zero-order valence-corrected chi connectivity index (χ0v) is 19.7. The molecular formula is C23H26N8O2S. The zero-order chi connectivity index (χ0) is 23.1. The maximum absolute atomic E-state index is 12.4. The van der Waals surface area contributed by atoms with Crippen LogP contribution in [-0.2, 0) is 22.3 Å². The van der Waals surface area contributed by atoms with Crippen molar-refractivity contribution in [2.75, 3.05) is 18.5 Å². The third kappa shape index (κ3) is 4.32. The van der Waals surface area contributed by atoms with Crippen molar-refractivity contribution in [1.29, 1.82) is 0 Å². The molecule has 1 saturated heterocycles. The van der Waals surface area contributed by atoms with Crippen LogP contribution in [0.4, 0.5) is 11.6 Å². The van der Waals surface area contributed by atoms with Crippen molar-refractivity contribution in [3.8, 4) is 11.4 Å². The first-order chi connectivity index (χ1) is 16.6.